The summed E-state index contributed by atoms with van der Waals surface area (Å²) in [6.45, 7) is 3.36. The van der Waals surface area contributed by atoms with Crippen LogP contribution in [-0.2, 0) is 9.53 Å². The van der Waals surface area contributed by atoms with E-state index in [9.17, 15) is 14.4 Å². The molecule has 0 radical (unpaired) electrons. The summed E-state index contributed by atoms with van der Waals surface area (Å²) in [4.78, 5) is 35.3. The highest BCUT2D eigenvalue weighted by Crippen LogP contribution is 2.23. The van der Waals surface area contributed by atoms with Crippen molar-refractivity contribution < 1.29 is 19.1 Å². The van der Waals surface area contributed by atoms with Crippen molar-refractivity contribution in [3.05, 3.63) is 52.4 Å². The predicted molar refractivity (Wildman–Crippen MR) is 87.5 cm³/mol. The number of nitrogens with one attached hydrogen (secondary N) is 1. The molecular weight excluding hydrogens is 316 g/mol. The van der Waals surface area contributed by atoms with E-state index in [4.69, 9.17) is 10.5 Å². The summed E-state index contributed by atoms with van der Waals surface area (Å²) in [5.41, 5.74) is 6.82. The molecule has 0 aliphatic rings. The van der Waals surface area contributed by atoms with Crippen LogP contribution in [0.3, 0.4) is 0 Å². The number of esters is 1. The zero-order chi connectivity index (χ0) is 17.0. The van der Waals surface area contributed by atoms with Gasteiger partial charge in [0.05, 0.1) is 11.1 Å². The topological polar surface area (TPSA) is 98.5 Å². The van der Waals surface area contributed by atoms with Crippen molar-refractivity contribution in [2.45, 2.75) is 20.0 Å². The van der Waals surface area contributed by atoms with Gasteiger partial charge in [0, 0.05) is 0 Å². The maximum absolute atomic E-state index is 12.1. The van der Waals surface area contributed by atoms with Crippen LogP contribution in [0.5, 0.6) is 0 Å². The number of ether oxygens (including phenoxy) is 1. The Morgan fingerprint density at radius 3 is 2.43 bits per heavy atom. The minimum absolute atomic E-state index is 0.223. The summed E-state index contributed by atoms with van der Waals surface area (Å²) < 4.78 is 5.12. The normalized spacial score (nSPS) is 11.6. The highest BCUT2D eigenvalue weighted by Gasteiger charge is 2.21. The fourth-order valence-electron chi connectivity index (χ4n) is 1.79. The van der Waals surface area contributed by atoms with Crippen molar-refractivity contribution >= 4 is 34.1 Å². The SMILES string of the molecule is Cc1ccc(C(=O)O[C@@H](C)C(=O)Nc2sccc2C(N)=O)cc1. The number of amides is 2. The van der Waals surface area contributed by atoms with Crippen LogP contribution in [0.1, 0.15) is 33.2 Å². The first-order chi connectivity index (χ1) is 10.9. The average molecular weight is 332 g/mol. The number of hydrogen-bond donors (Lipinski definition) is 2. The largest absolute Gasteiger partial charge is 0.449 e. The Hall–Kier alpha value is -2.67. The summed E-state index contributed by atoms with van der Waals surface area (Å²) in [6, 6.07) is 8.35. The number of rotatable bonds is 5. The molecule has 2 rings (SSSR count). The number of carbonyl (C=O) groups is 3. The summed E-state index contributed by atoms with van der Waals surface area (Å²) >= 11 is 1.17. The van der Waals surface area contributed by atoms with Gasteiger partial charge in [-0.25, -0.2) is 4.79 Å². The Bertz CT molecular complexity index is 737. The molecule has 0 saturated carbocycles. The molecule has 0 bridgehead atoms. The molecule has 1 heterocycles. The molecule has 3 N–H and O–H groups in total. The second kappa shape index (κ2) is 7.06. The van der Waals surface area contributed by atoms with E-state index in [1.54, 1.807) is 29.6 Å². The molecular formula is C16H16N2O4S. The number of benzene rings is 1. The monoisotopic (exact) mass is 332 g/mol. The molecule has 0 aliphatic heterocycles. The number of nitrogens with two attached hydrogens (primary N) is 1. The molecule has 6 nitrogen and oxygen atoms in total. The molecule has 0 spiro atoms. The summed E-state index contributed by atoms with van der Waals surface area (Å²) in [5, 5.41) is 4.51. The van der Waals surface area contributed by atoms with E-state index >= 15 is 0 Å². The lowest BCUT2D eigenvalue weighted by Crippen LogP contribution is -2.30. The van der Waals surface area contributed by atoms with Gasteiger partial charge in [-0.05, 0) is 37.4 Å². The lowest BCUT2D eigenvalue weighted by Gasteiger charge is -2.13. The Labute approximate surface area is 137 Å². The highest BCUT2D eigenvalue weighted by atomic mass is 32.1. The Kier molecular flexibility index (Phi) is 5.13. The summed E-state index contributed by atoms with van der Waals surface area (Å²) in [6.07, 6.45) is -1.01. The predicted octanol–water partition coefficient (Wildman–Crippen LogP) is 2.34. The van der Waals surface area contributed by atoms with E-state index in [1.165, 1.54) is 24.3 Å². The first-order valence-electron chi connectivity index (χ1n) is 6.84. The van der Waals surface area contributed by atoms with Crippen LogP contribution in [0, 0.1) is 6.92 Å². The number of anilines is 1. The quantitative estimate of drug-likeness (QED) is 0.821. The highest BCUT2D eigenvalue weighted by molar-refractivity contribution is 7.14. The third kappa shape index (κ3) is 4.17. The standard InChI is InChI=1S/C16H16N2O4S/c1-9-3-5-11(6-4-9)16(21)22-10(2)14(20)18-15-12(13(17)19)7-8-23-15/h3-8,10H,1-2H3,(H2,17,19)(H,18,20)/t10-/m0/s1. The molecule has 120 valence electrons. The van der Waals surface area contributed by atoms with Gasteiger partial charge < -0.3 is 15.8 Å². The van der Waals surface area contributed by atoms with Crippen LogP contribution in [0.25, 0.3) is 0 Å². The molecule has 23 heavy (non-hydrogen) atoms. The van der Waals surface area contributed by atoms with E-state index in [-0.39, 0.29) is 5.56 Å². The van der Waals surface area contributed by atoms with E-state index in [0.717, 1.165) is 5.56 Å². The van der Waals surface area contributed by atoms with E-state index in [0.29, 0.717) is 10.6 Å². The van der Waals surface area contributed by atoms with Crippen LogP contribution in [0.2, 0.25) is 0 Å². The van der Waals surface area contributed by atoms with E-state index in [2.05, 4.69) is 5.32 Å². The number of thiophene rings is 1. The number of aryl methyl sites for hydroxylation is 1. The molecule has 0 aliphatic carbocycles. The molecule has 2 aromatic rings. The molecule has 2 amide bonds. The maximum Gasteiger partial charge on any atom is 0.338 e. The van der Waals surface area contributed by atoms with Crippen LogP contribution < -0.4 is 11.1 Å². The van der Waals surface area contributed by atoms with Gasteiger partial charge in [-0.15, -0.1) is 11.3 Å². The molecule has 1 atom stereocenters. The molecule has 7 heteroatoms. The minimum Gasteiger partial charge on any atom is -0.449 e. The van der Waals surface area contributed by atoms with Crippen molar-refractivity contribution in [3.63, 3.8) is 0 Å². The van der Waals surface area contributed by atoms with Crippen molar-refractivity contribution in [2.24, 2.45) is 5.73 Å². The second-order valence-corrected chi connectivity index (χ2v) is 5.85. The van der Waals surface area contributed by atoms with Crippen molar-refractivity contribution in [1.29, 1.82) is 0 Å². The van der Waals surface area contributed by atoms with E-state index < -0.39 is 23.9 Å². The van der Waals surface area contributed by atoms with Gasteiger partial charge in [0.1, 0.15) is 5.00 Å². The molecule has 1 aromatic carbocycles. The van der Waals surface area contributed by atoms with Crippen molar-refractivity contribution in [2.75, 3.05) is 5.32 Å². The van der Waals surface area contributed by atoms with Gasteiger partial charge in [0.25, 0.3) is 11.8 Å². The van der Waals surface area contributed by atoms with Gasteiger partial charge in [-0.2, -0.15) is 0 Å². The molecule has 1 aromatic heterocycles. The Morgan fingerprint density at radius 1 is 1.17 bits per heavy atom. The van der Waals surface area contributed by atoms with Gasteiger partial charge >= 0.3 is 5.97 Å². The van der Waals surface area contributed by atoms with Gasteiger partial charge in [0.2, 0.25) is 0 Å². The minimum atomic E-state index is -1.01. The van der Waals surface area contributed by atoms with Gasteiger partial charge in [0.15, 0.2) is 6.10 Å². The lowest BCUT2D eigenvalue weighted by molar-refractivity contribution is -0.123. The second-order valence-electron chi connectivity index (χ2n) is 4.93. The average Bonchev–Trinajstić information content (AvgIpc) is 2.96. The fraction of sp³-hybridized carbons (Fsp3) is 0.188. The van der Waals surface area contributed by atoms with Gasteiger partial charge in [-0.3, -0.25) is 9.59 Å². The molecule has 0 saturated heterocycles. The first kappa shape index (κ1) is 16.7. The van der Waals surface area contributed by atoms with Crippen LogP contribution in [-0.4, -0.2) is 23.9 Å². The maximum atomic E-state index is 12.1. The van der Waals surface area contributed by atoms with Crippen LogP contribution in [0.15, 0.2) is 35.7 Å². The zero-order valence-corrected chi connectivity index (χ0v) is 13.5. The number of carbonyl (C=O) groups excluding carboxylic acids is 3. The van der Waals surface area contributed by atoms with Crippen molar-refractivity contribution in [1.82, 2.24) is 0 Å². The summed E-state index contributed by atoms with van der Waals surface area (Å²) in [7, 11) is 0. The number of hydrogen-bond acceptors (Lipinski definition) is 5. The third-order valence-corrected chi connectivity index (χ3v) is 3.94. The van der Waals surface area contributed by atoms with E-state index in [1.807, 2.05) is 6.92 Å². The lowest BCUT2D eigenvalue weighted by atomic mass is 10.1. The van der Waals surface area contributed by atoms with Crippen LogP contribution in [0.4, 0.5) is 5.00 Å². The Balaban J connectivity index is 1.99. The Morgan fingerprint density at radius 2 is 1.83 bits per heavy atom. The van der Waals surface area contributed by atoms with Crippen molar-refractivity contribution in [3.8, 4) is 0 Å². The molecule has 0 unspecified atom stereocenters. The van der Waals surface area contributed by atoms with Crippen LogP contribution >= 0.6 is 11.3 Å². The summed E-state index contributed by atoms with van der Waals surface area (Å²) in [5.74, 6) is -1.75. The number of primary amides is 1. The smallest absolute Gasteiger partial charge is 0.338 e. The van der Waals surface area contributed by atoms with Gasteiger partial charge in [-0.1, -0.05) is 17.7 Å². The molecule has 0 fully saturated rings. The fourth-order valence-corrected chi connectivity index (χ4v) is 2.58. The third-order valence-electron chi connectivity index (χ3n) is 3.11. The first-order valence-corrected chi connectivity index (χ1v) is 7.72. The zero-order valence-electron chi connectivity index (χ0n) is 12.7.